The number of hydrogen-bond donors (Lipinski definition) is 0. The van der Waals surface area contributed by atoms with Crippen molar-refractivity contribution in [2.45, 2.75) is 45.1 Å². The first kappa shape index (κ1) is 11.6. The first-order chi connectivity index (χ1) is 7.59. The molecular weight excluding hydrogens is 196 g/mol. The molecule has 0 radical (unpaired) electrons. The molecule has 1 aromatic heterocycles. The van der Waals surface area contributed by atoms with E-state index in [1.165, 1.54) is 36.2 Å². The molecule has 0 aliphatic heterocycles. The van der Waals surface area contributed by atoms with Gasteiger partial charge in [0.25, 0.3) is 0 Å². The van der Waals surface area contributed by atoms with Crippen LogP contribution < -0.4 is 0 Å². The molecule has 0 N–H and O–H groups in total. The van der Waals surface area contributed by atoms with Crippen molar-refractivity contribution in [3.8, 4) is 0 Å². The summed E-state index contributed by atoms with van der Waals surface area (Å²) in [5.74, 6) is 0.523. The predicted octanol–water partition coefficient (Wildman–Crippen LogP) is 3.14. The Balaban J connectivity index is 2.40. The summed E-state index contributed by atoms with van der Waals surface area (Å²) in [6.07, 6.45) is 3.73. The molecule has 0 aromatic carbocycles. The summed E-state index contributed by atoms with van der Waals surface area (Å²) < 4.78 is 0. The third kappa shape index (κ3) is 2.12. The molecule has 2 nitrogen and oxygen atoms in total. The molecule has 1 heterocycles. The van der Waals surface area contributed by atoms with Crippen molar-refractivity contribution in [2.75, 3.05) is 14.1 Å². The van der Waals surface area contributed by atoms with E-state index in [-0.39, 0.29) is 0 Å². The molecule has 0 spiro atoms. The lowest BCUT2D eigenvalue weighted by Crippen LogP contribution is -2.25. The highest BCUT2D eigenvalue weighted by molar-refractivity contribution is 5.29. The second-order valence-corrected chi connectivity index (χ2v) is 5.31. The van der Waals surface area contributed by atoms with Gasteiger partial charge < -0.3 is 4.90 Å². The molecule has 0 fully saturated rings. The van der Waals surface area contributed by atoms with E-state index in [4.69, 9.17) is 4.98 Å². The lowest BCUT2D eigenvalue weighted by Gasteiger charge is -2.30. The highest BCUT2D eigenvalue weighted by atomic mass is 15.1. The Hall–Kier alpha value is -0.890. The fourth-order valence-electron chi connectivity index (χ4n) is 2.47. The highest BCUT2D eigenvalue weighted by Gasteiger charge is 2.23. The van der Waals surface area contributed by atoms with E-state index in [1.54, 1.807) is 0 Å². The Morgan fingerprint density at radius 1 is 1.31 bits per heavy atom. The van der Waals surface area contributed by atoms with Gasteiger partial charge in [0, 0.05) is 5.69 Å². The molecule has 1 atom stereocenters. The second-order valence-electron chi connectivity index (χ2n) is 5.31. The predicted molar refractivity (Wildman–Crippen MR) is 67.7 cm³/mol. The summed E-state index contributed by atoms with van der Waals surface area (Å²) in [7, 11) is 4.31. The first-order valence-electron chi connectivity index (χ1n) is 6.25. The quantitative estimate of drug-likeness (QED) is 0.758. The van der Waals surface area contributed by atoms with Crippen molar-refractivity contribution in [3.63, 3.8) is 0 Å². The standard InChI is InChI=1S/C14H22N2/c1-10(2)12-9-8-11-6-5-7-13(16(3)4)14(11)15-12/h8-10,13H,5-7H2,1-4H3. The van der Waals surface area contributed by atoms with Crippen molar-refractivity contribution < 1.29 is 0 Å². The van der Waals surface area contributed by atoms with Gasteiger partial charge in [0.1, 0.15) is 0 Å². The second kappa shape index (κ2) is 4.54. The third-order valence-corrected chi connectivity index (χ3v) is 3.49. The number of nitrogens with zero attached hydrogens (tertiary/aromatic N) is 2. The van der Waals surface area contributed by atoms with Gasteiger partial charge in [-0.15, -0.1) is 0 Å². The first-order valence-corrected chi connectivity index (χ1v) is 6.25. The number of hydrogen-bond acceptors (Lipinski definition) is 2. The van der Waals surface area contributed by atoms with Crippen LogP contribution in [0.2, 0.25) is 0 Å². The largest absolute Gasteiger partial charge is 0.301 e. The van der Waals surface area contributed by atoms with Gasteiger partial charge in [-0.05, 0) is 50.9 Å². The SMILES string of the molecule is CC(C)c1ccc2c(n1)C(N(C)C)CCC2. The smallest absolute Gasteiger partial charge is 0.0610 e. The molecule has 0 amide bonds. The molecule has 88 valence electrons. The Morgan fingerprint density at radius 3 is 2.69 bits per heavy atom. The van der Waals surface area contributed by atoms with Crippen molar-refractivity contribution in [1.29, 1.82) is 0 Å². The van der Waals surface area contributed by atoms with Gasteiger partial charge in [-0.3, -0.25) is 4.98 Å². The summed E-state index contributed by atoms with van der Waals surface area (Å²) in [5, 5.41) is 0. The summed E-state index contributed by atoms with van der Waals surface area (Å²) in [6, 6.07) is 5.00. The summed E-state index contributed by atoms with van der Waals surface area (Å²) >= 11 is 0. The van der Waals surface area contributed by atoms with Gasteiger partial charge in [-0.25, -0.2) is 0 Å². The Bertz CT molecular complexity index is 369. The van der Waals surface area contributed by atoms with Crippen LogP contribution >= 0.6 is 0 Å². The molecule has 2 rings (SSSR count). The minimum absolute atomic E-state index is 0.516. The van der Waals surface area contributed by atoms with Crippen molar-refractivity contribution >= 4 is 0 Å². The molecule has 1 unspecified atom stereocenters. The van der Waals surface area contributed by atoms with Crippen molar-refractivity contribution in [1.82, 2.24) is 9.88 Å². The molecular formula is C14H22N2. The van der Waals surface area contributed by atoms with Gasteiger partial charge in [0.05, 0.1) is 11.7 Å². The number of aromatic nitrogens is 1. The molecule has 0 saturated carbocycles. The van der Waals surface area contributed by atoms with Gasteiger partial charge in [-0.2, -0.15) is 0 Å². The molecule has 2 heteroatoms. The Morgan fingerprint density at radius 2 is 2.06 bits per heavy atom. The van der Waals surface area contributed by atoms with Crippen LogP contribution in [0.5, 0.6) is 0 Å². The van der Waals surface area contributed by atoms with Crippen LogP contribution in [0.15, 0.2) is 12.1 Å². The average Bonchev–Trinajstić information content (AvgIpc) is 2.27. The van der Waals surface area contributed by atoms with E-state index in [0.29, 0.717) is 12.0 Å². The minimum Gasteiger partial charge on any atom is -0.301 e. The highest BCUT2D eigenvalue weighted by Crippen LogP contribution is 2.32. The maximum Gasteiger partial charge on any atom is 0.0610 e. The van der Waals surface area contributed by atoms with Crippen LogP contribution in [-0.4, -0.2) is 24.0 Å². The maximum atomic E-state index is 4.87. The van der Waals surface area contributed by atoms with Gasteiger partial charge in [0.15, 0.2) is 0 Å². The molecule has 1 aliphatic carbocycles. The van der Waals surface area contributed by atoms with Crippen LogP contribution in [-0.2, 0) is 6.42 Å². The molecule has 1 aliphatic rings. The van der Waals surface area contributed by atoms with Gasteiger partial charge in [-0.1, -0.05) is 19.9 Å². The summed E-state index contributed by atoms with van der Waals surface area (Å²) in [4.78, 5) is 7.17. The normalized spacial score (nSPS) is 20.2. The third-order valence-electron chi connectivity index (χ3n) is 3.49. The van der Waals surface area contributed by atoms with E-state index in [0.717, 1.165) is 0 Å². The Labute approximate surface area is 98.7 Å². The number of aryl methyl sites for hydroxylation is 1. The van der Waals surface area contributed by atoms with Crippen LogP contribution in [0, 0.1) is 0 Å². The number of fused-ring (bicyclic) bond motifs is 1. The van der Waals surface area contributed by atoms with E-state index in [9.17, 15) is 0 Å². The lowest BCUT2D eigenvalue weighted by molar-refractivity contribution is 0.261. The minimum atomic E-state index is 0.516. The fourth-order valence-corrected chi connectivity index (χ4v) is 2.47. The molecule has 1 aromatic rings. The summed E-state index contributed by atoms with van der Waals surface area (Å²) in [5.41, 5.74) is 4.00. The average molecular weight is 218 g/mol. The van der Waals surface area contributed by atoms with Gasteiger partial charge >= 0.3 is 0 Å². The molecule has 0 bridgehead atoms. The monoisotopic (exact) mass is 218 g/mol. The van der Waals surface area contributed by atoms with Crippen LogP contribution in [0.25, 0.3) is 0 Å². The van der Waals surface area contributed by atoms with Crippen LogP contribution in [0.4, 0.5) is 0 Å². The molecule has 0 saturated heterocycles. The number of pyridine rings is 1. The van der Waals surface area contributed by atoms with Crippen molar-refractivity contribution in [2.24, 2.45) is 0 Å². The zero-order valence-electron chi connectivity index (χ0n) is 10.8. The maximum absolute atomic E-state index is 4.87. The fraction of sp³-hybridized carbons (Fsp3) is 0.643. The van der Waals surface area contributed by atoms with Crippen LogP contribution in [0.3, 0.4) is 0 Å². The van der Waals surface area contributed by atoms with Gasteiger partial charge in [0.2, 0.25) is 0 Å². The molecule has 16 heavy (non-hydrogen) atoms. The number of rotatable bonds is 2. The van der Waals surface area contributed by atoms with Crippen LogP contribution in [0.1, 0.15) is 55.6 Å². The van der Waals surface area contributed by atoms with Crippen molar-refractivity contribution in [3.05, 3.63) is 29.1 Å². The zero-order valence-corrected chi connectivity index (χ0v) is 10.8. The van der Waals surface area contributed by atoms with E-state index >= 15 is 0 Å². The zero-order chi connectivity index (χ0) is 11.7. The van der Waals surface area contributed by atoms with E-state index < -0.39 is 0 Å². The topological polar surface area (TPSA) is 16.1 Å². The summed E-state index contributed by atoms with van der Waals surface area (Å²) in [6.45, 7) is 4.42. The van der Waals surface area contributed by atoms with E-state index in [2.05, 4.69) is 45.0 Å². The lowest BCUT2D eigenvalue weighted by atomic mass is 9.90. The van der Waals surface area contributed by atoms with E-state index in [1.807, 2.05) is 0 Å². The Kier molecular flexibility index (Phi) is 3.29.